The molecule has 0 aliphatic carbocycles. The van der Waals surface area contributed by atoms with Crippen LogP contribution in [0.15, 0.2) is 52.5 Å². The molecule has 2 aliphatic heterocycles. The summed E-state index contributed by atoms with van der Waals surface area (Å²) < 4.78 is 33.2. The van der Waals surface area contributed by atoms with Gasteiger partial charge in [-0.25, -0.2) is 4.99 Å². The van der Waals surface area contributed by atoms with Crippen molar-refractivity contribution < 1.29 is 52.4 Å². The van der Waals surface area contributed by atoms with Crippen molar-refractivity contribution >= 4 is 69.8 Å². The van der Waals surface area contributed by atoms with Crippen molar-refractivity contribution in [2.75, 3.05) is 18.6 Å². The van der Waals surface area contributed by atoms with Gasteiger partial charge in [0, 0.05) is 32.6 Å². The Morgan fingerprint density at radius 1 is 0.932 bits per heavy atom. The van der Waals surface area contributed by atoms with E-state index >= 15 is 0 Å². The topological polar surface area (TPSA) is 156 Å². The van der Waals surface area contributed by atoms with Crippen LogP contribution in [0.1, 0.15) is 32.6 Å². The number of anilines is 1. The predicted molar refractivity (Wildman–Crippen MR) is 160 cm³/mol. The molecular formula is C29H30N2O11S2. The highest BCUT2D eigenvalue weighted by Gasteiger charge is 2.53. The van der Waals surface area contributed by atoms with Gasteiger partial charge in [-0.2, -0.15) is 0 Å². The van der Waals surface area contributed by atoms with Crippen LogP contribution < -0.4 is 9.64 Å². The lowest BCUT2D eigenvalue weighted by Gasteiger charge is -2.44. The zero-order chi connectivity index (χ0) is 32.0. The molecule has 2 aromatic rings. The third kappa shape index (κ3) is 8.03. The molecule has 13 nitrogen and oxygen atoms in total. The van der Waals surface area contributed by atoms with Crippen LogP contribution in [0.25, 0.3) is 6.08 Å². The number of rotatable bonds is 9. The summed E-state index contributed by atoms with van der Waals surface area (Å²) in [6.07, 6.45) is -3.51. The number of nitrogens with zero attached hydrogens (tertiary/aromatic N) is 2. The summed E-state index contributed by atoms with van der Waals surface area (Å²) in [5.74, 6) is -2.73. The monoisotopic (exact) mass is 646 g/mol. The molecule has 1 aromatic heterocycles. The average Bonchev–Trinajstić information content (AvgIpc) is 3.58. The first-order chi connectivity index (χ1) is 21.0. The maximum atomic E-state index is 13.7. The SMILES string of the molecule is COc1ccc(N2C(=O)/C(=C\c3cccs3)N=C2S[C@@H]2O[C@H](COC(C)=O)[C@H](OC(C)=O)[C@H](OC(C)=O)[C@H]2OC(C)=O)cc1. The molecule has 4 rings (SSSR count). The Labute approximate surface area is 261 Å². The van der Waals surface area contributed by atoms with Crippen LogP contribution in [0.3, 0.4) is 0 Å². The van der Waals surface area contributed by atoms with E-state index < -0.39 is 59.6 Å². The maximum absolute atomic E-state index is 13.7. The van der Waals surface area contributed by atoms with Crippen LogP contribution in [-0.2, 0) is 47.7 Å². The number of amidine groups is 1. The van der Waals surface area contributed by atoms with Gasteiger partial charge in [-0.3, -0.25) is 28.9 Å². The number of methoxy groups -OCH3 is 1. The van der Waals surface area contributed by atoms with Crippen molar-refractivity contribution in [1.82, 2.24) is 0 Å². The quantitative estimate of drug-likeness (QED) is 0.223. The Kier molecular flexibility index (Phi) is 10.8. The molecule has 0 radical (unpaired) electrons. The number of benzene rings is 1. The lowest BCUT2D eigenvalue weighted by molar-refractivity contribution is -0.237. The lowest BCUT2D eigenvalue weighted by atomic mass is 9.99. The largest absolute Gasteiger partial charge is 0.497 e. The molecule has 1 amide bonds. The van der Waals surface area contributed by atoms with E-state index in [1.165, 1.54) is 30.3 Å². The van der Waals surface area contributed by atoms with Crippen LogP contribution in [0.2, 0.25) is 0 Å². The fraction of sp³-hybridized carbons (Fsp3) is 0.379. The maximum Gasteiger partial charge on any atom is 0.303 e. The fourth-order valence-electron chi connectivity index (χ4n) is 4.43. The van der Waals surface area contributed by atoms with Crippen molar-refractivity contribution in [3.05, 3.63) is 52.4 Å². The molecule has 3 heterocycles. The molecular weight excluding hydrogens is 616 g/mol. The highest BCUT2D eigenvalue weighted by molar-refractivity contribution is 8.14. The molecule has 2 aliphatic rings. The molecule has 15 heteroatoms. The normalized spacial score (nSPS) is 24.0. The number of hydrogen-bond acceptors (Lipinski definition) is 14. The van der Waals surface area contributed by atoms with Gasteiger partial charge in [-0.05, 0) is 41.8 Å². The van der Waals surface area contributed by atoms with Gasteiger partial charge in [0.05, 0.1) is 12.8 Å². The van der Waals surface area contributed by atoms with Gasteiger partial charge >= 0.3 is 23.9 Å². The van der Waals surface area contributed by atoms with Crippen molar-refractivity contribution in [3.8, 4) is 5.75 Å². The third-order valence-corrected chi connectivity index (χ3v) is 8.07. The van der Waals surface area contributed by atoms with E-state index in [4.69, 9.17) is 28.4 Å². The lowest BCUT2D eigenvalue weighted by Crippen LogP contribution is -2.61. The average molecular weight is 647 g/mol. The van der Waals surface area contributed by atoms with Crippen molar-refractivity contribution in [2.45, 2.75) is 57.5 Å². The highest BCUT2D eigenvalue weighted by Crippen LogP contribution is 2.39. The first-order valence-corrected chi connectivity index (χ1v) is 15.0. The van der Waals surface area contributed by atoms with E-state index in [0.717, 1.165) is 37.4 Å². The Morgan fingerprint density at radius 3 is 2.14 bits per heavy atom. The van der Waals surface area contributed by atoms with E-state index in [2.05, 4.69) is 4.99 Å². The number of aliphatic imine (C=N–C) groups is 1. The van der Waals surface area contributed by atoms with Gasteiger partial charge < -0.3 is 28.4 Å². The molecule has 44 heavy (non-hydrogen) atoms. The fourth-order valence-corrected chi connectivity index (χ4v) is 6.28. The first kappa shape index (κ1) is 32.7. The van der Waals surface area contributed by atoms with Crippen LogP contribution in [0.4, 0.5) is 5.69 Å². The van der Waals surface area contributed by atoms with Gasteiger partial charge in [-0.1, -0.05) is 17.8 Å². The van der Waals surface area contributed by atoms with Crippen LogP contribution in [0.5, 0.6) is 5.75 Å². The van der Waals surface area contributed by atoms with Gasteiger partial charge in [0.15, 0.2) is 28.9 Å². The van der Waals surface area contributed by atoms with E-state index in [-0.39, 0.29) is 17.5 Å². The van der Waals surface area contributed by atoms with E-state index in [9.17, 15) is 24.0 Å². The standard InChI is InChI=1S/C29H30N2O11S2/c1-15(32)38-14-23-24(39-16(2)33)25(40-17(3)34)26(41-18(4)35)28(42-23)44-29-30-22(13-21-7-6-12-43-21)27(36)31(29)19-8-10-20(37-5)11-9-19/h6-13,23-26,28H,14H2,1-5H3/b22-13+/t23-,24+,25+,26-,28+/m1/s1. The minimum absolute atomic E-state index is 0.136. The summed E-state index contributed by atoms with van der Waals surface area (Å²) in [5.41, 5.74) is -0.581. The van der Waals surface area contributed by atoms with Crippen LogP contribution in [-0.4, -0.2) is 78.5 Å². The van der Waals surface area contributed by atoms with Gasteiger partial charge in [-0.15, -0.1) is 11.3 Å². The number of carbonyl (C=O) groups is 5. The zero-order valence-corrected chi connectivity index (χ0v) is 26.0. The number of esters is 4. The third-order valence-electron chi connectivity index (χ3n) is 6.15. The number of thiophene rings is 1. The van der Waals surface area contributed by atoms with Gasteiger partial charge in [0.2, 0.25) is 0 Å². The smallest absolute Gasteiger partial charge is 0.303 e. The molecule has 0 unspecified atom stereocenters. The molecule has 234 valence electrons. The molecule has 0 spiro atoms. The Balaban J connectivity index is 1.78. The molecule has 0 saturated carbocycles. The zero-order valence-electron chi connectivity index (χ0n) is 24.4. The van der Waals surface area contributed by atoms with E-state index in [1.807, 2.05) is 17.5 Å². The molecule has 5 atom stereocenters. The summed E-state index contributed by atoms with van der Waals surface area (Å²) in [4.78, 5) is 68.6. The number of carbonyl (C=O) groups excluding carboxylic acids is 5. The summed E-state index contributed by atoms with van der Waals surface area (Å²) >= 11 is 2.34. The Hall–Kier alpha value is -4.21. The summed E-state index contributed by atoms with van der Waals surface area (Å²) in [7, 11) is 1.52. The number of ether oxygens (including phenoxy) is 6. The second-order valence-electron chi connectivity index (χ2n) is 9.46. The van der Waals surface area contributed by atoms with Crippen molar-refractivity contribution in [3.63, 3.8) is 0 Å². The minimum Gasteiger partial charge on any atom is -0.497 e. The Morgan fingerprint density at radius 2 is 1.57 bits per heavy atom. The summed E-state index contributed by atoms with van der Waals surface area (Å²) in [6.45, 7) is 4.24. The number of amides is 1. The van der Waals surface area contributed by atoms with Gasteiger partial charge in [0.1, 0.15) is 24.2 Å². The molecule has 1 fully saturated rings. The molecule has 0 bridgehead atoms. The first-order valence-electron chi connectivity index (χ1n) is 13.3. The summed E-state index contributed by atoms with van der Waals surface area (Å²) in [5, 5.41) is 2.02. The van der Waals surface area contributed by atoms with Gasteiger partial charge in [0.25, 0.3) is 5.91 Å². The molecule has 1 aromatic carbocycles. The second kappa shape index (κ2) is 14.5. The summed E-state index contributed by atoms with van der Waals surface area (Å²) in [6, 6.07) is 10.4. The molecule has 1 saturated heterocycles. The number of thioether (sulfide) groups is 1. The van der Waals surface area contributed by atoms with Crippen LogP contribution in [0, 0.1) is 0 Å². The van der Waals surface area contributed by atoms with Crippen molar-refractivity contribution in [2.24, 2.45) is 4.99 Å². The minimum atomic E-state index is -1.36. The number of hydrogen-bond donors (Lipinski definition) is 0. The highest BCUT2D eigenvalue weighted by atomic mass is 32.2. The second-order valence-corrected chi connectivity index (χ2v) is 11.5. The van der Waals surface area contributed by atoms with Crippen LogP contribution >= 0.6 is 23.1 Å². The van der Waals surface area contributed by atoms with Crippen molar-refractivity contribution in [1.29, 1.82) is 0 Å². The van der Waals surface area contributed by atoms with E-state index in [1.54, 1.807) is 30.3 Å². The Bertz CT molecular complexity index is 1460. The molecule has 0 N–H and O–H groups in total. The predicted octanol–water partition coefficient (Wildman–Crippen LogP) is 3.32. The van der Waals surface area contributed by atoms with E-state index in [0.29, 0.717) is 11.4 Å².